The molecule has 3 nitrogen and oxygen atoms in total. The molecule has 0 aromatic carbocycles. The van der Waals surface area contributed by atoms with Gasteiger partial charge in [0, 0.05) is 11.8 Å². The predicted molar refractivity (Wildman–Crippen MR) is 58.5 cm³/mol. The Labute approximate surface area is 88.7 Å². The average molecular weight is 211 g/mol. The van der Waals surface area contributed by atoms with Crippen LogP contribution in [0.25, 0.3) is 0 Å². The Morgan fingerprint density at radius 1 is 1.43 bits per heavy atom. The maximum Gasteiger partial charge on any atom is 0.123 e. The summed E-state index contributed by atoms with van der Waals surface area (Å²) in [5, 5.41) is 10.9. The molecule has 0 unspecified atom stereocenters. The van der Waals surface area contributed by atoms with Crippen molar-refractivity contribution in [2.24, 2.45) is 5.73 Å². The molecule has 2 rings (SSSR count). The quantitative estimate of drug-likeness (QED) is 0.827. The molecule has 0 spiro atoms. The van der Waals surface area contributed by atoms with Crippen molar-refractivity contribution in [2.45, 2.75) is 44.4 Å². The van der Waals surface area contributed by atoms with Gasteiger partial charge < -0.3 is 5.73 Å². The van der Waals surface area contributed by atoms with E-state index >= 15 is 0 Å². The zero-order chi connectivity index (χ0) is 10.0. The lowest BCUT2D eigenvalue weighted by Crippen LogP contribution is -2.30. The van der Waals surface area contributed by atoms with Gasteiger partial charge in [-0.3, -0.25) is 0 Å². The number of aromatic nitrogens is 2. The minimum absolute atomic E-state index is 0.346. The summed E-state index contributed by atoms with van der Waals surface area (Å²) in [6, 6.07) is 0. The number of hydrogen-bond donors (Lipinski definition) is 1. The first-order chi connectivity index (χ1) is 6.74. The molecule has 0 aliphatic heterocycles. The first kappa shape index (κ1) is 10.1. The Hall–Kier alpha value is -0.480. The zero-order valence-corrected chi connectivity index (χ0v) is 9.44. The number of aryl methyl sites for hydroxylation is 1. The van der Waals surface area contributed by atoms with Gasteiger partial charge in [-0.1, -0.05) is 13.3 Å². The molecule has 0 atom stereocenters. The summed E-state index contributed by atoms with van der Waals surface area (Å²) in [7, 11) is 0. The molecule has 1 heterocycles. The van der Waals surface area contributed by atoms with Crippen molar-refractivity contribution in [1.82, 2.24) is 10.2 Å². The molecule has 1 aliphatic rings. The first-order valence-electron chi connectivity index (χ1n) is 5.27. The third kappa shape index (κ3) is 1.81. The van der Waals surface area contributed by atoms with E-state index in [4.69, 9.17) is 5.73 Å². The normalized spacial score (nSPS) is 19.3. The van der Waals surface area contributed by atoms with E-state index in [-0.39, 0.29) is 0 Å². The summed E-state index contributed by atoms with van der Waals surface area (Å²) in [5.41, 5.74) is 5.81. The van der Waals surface area contributed by atoms with Crippen molar-refractivity contribution >= 4 is 11.3 Å². The Balaban J connectivity index is 2.02. The van der Waals surface area contributed by atoms with E-state index < -0.39 is 0 Å². The third-order valence-electron chi connectivity index (χ3n) is 3.04. The second-order valence-electron chi connectivity index (χ2n) is 4.31. The molecule has 1 aromatic heterocycles. The molecule has 14 heavy (non-hydrogen) atoms. The average Bonchev–Trinajstić information content (AvgIpc) is 2.59. The van der Waals surface area contributed by atoms with Gasteiger partial charge in [-0.25, -0.2) is 0 Å². The van der Waals surface area contributed by atoms with E-state index in [0.717, 1.165) is 24.4 Å². The van der Waals surface area contributed by atoms with Crippen LogP contribution in [-0.4, -0.2) is 16.7 Å². The van der Waals surface area contributed by atoms with Crippen molar-refractivity contribution in [2.75, 3.05) is 6.54 Å². The van der Waals surface area contributed by atoms with E-state index in [1.165, 1.54) is 24.3 Å². The molecule has 4 heteroatoms. The molecule has 1 aliphatic carbocycles. The molecular weight excluding hydrogens is 194 g/mol. The van der Waals surface area contributed by atoms with Crippen molar-refractivity contribution in [3.63, 3.8) is 0 Å². The summed E-state index contributed by atoms with van der Waals surface area (Å²) >= 11 is 1.78. The van der Waals surface area contributed by atoms with Gasteiger partial charge in [0.1, 0.15) is 10.0 Å². The lowest BCUT2D eigenvalue weighted by molar-refractivity contribution is 0.269. The highest BCUT2D eigenvalue weighted by molar-refractivity contribution is 7.11. The van der Waals surface area contributed by atoms with Gasteiger partial charge in [0.15, 0.2) is 0 Å². The highest BCUT2D eigenvalue weighted by Gasteiger charge is 2.36. The Bertz CT molecular complexity index is 304. The third-order valence-corrected chi connectivity index (χ3v) is 4.32. The second kappa shape index (κ2) is 3.95. The first-order valence-corrected chi connectivity index (χ1v) is 6.09. The van der Waals surface area contributed by atoms with Gasteiger partial charge in [0.25, 0.3) is 0 Å². The van der Waals surface area contributed by atoms with Gasteiger partial charge in [0.2, 0.25) is 0 Å². The number of rotatable bonds is 4. The number of nitrogens with zero attached hydrogens (tertiary/aromatic N) is 2. The molecular formula is C10H17N3S. The molecule has 2 N–H and O–H groups in total. The minimum Gasteiger partial charge on any atom is -0.330 e. The molecule has 0 amide bonds. The minimum atomic E-state index is 0.346. The van der Waals surface area contributed by atoms with Gasteiger partial charge in [-0.05, 0) is 25.8 Å². The second-order valence-corrected chi connectivity index (χ2v) is 5.37. The van der Waals surface area contributed by atoms with Gasteiger partial charge >= 0.3 is 0 Å². The Morgan fingerprint density at radius 2 is 2.21 bits per heavy atom. The van der Waals surface area contributed by atoms with Crippen LogP contribution in [0.15, 0.2) is 0 Å². The van der Waals surface area contributed by atoms with Crippen LogP contribution >= 0.6 is 11.3 Å². The van der Waals surface area contributed by atoms with E-state index in [9.17, 15) is 0 Å². The Kier molecular flexibility index (Phi) is 2.83. The van der Waals surface area contributed by atoms with E-state index in [0.29, 0.717) is 5.41 Å². The lowest BCUT2D eigenvalue weighted by atomic mass is 9.71. The van der Waals surface area contributed by atoms with Gasteiger partial charge in [0.05, 0.1) is 0 Å². The van der Waals surface area contributed by atoms with Crippen molar-refractivity contribution in [3.05, 3.63) is 10.0 Å². The molecule has 1 aromatic rings. The van der Waals surface area contributed by atoms with E-state index in [1.807, 2.05) is 0 Å². The summed E-state index contributed by atoms with van der Waals surface area (Å²) in [6.07, 6.45) is 5.90. The highest BCUT2D eigenvalue weighted by Crippen LogP contribution is 2.44. The summed E-state index contributed by atoms with van der Waals surface area (Å²) < 4.78 is 0. The Morgan fingerprint density at radius 3 is 2.79 bits per heavy atom. The maximum atomic E-state index is 5.46. The fourth-order valence-corrected chi connectivity index (χ4v) is 2.86. The number of nitrogens with two attached hydrogens (primary N) is 1. The van der Waals surface area contributed by atoms with Crippen LogP contribution in [0.5, 0.6) is 0 Å². The largest absolute Gasteiger partial charge is 0.330 e. The number of hydrogen-bond acceptors (Lipinski definition) is 4. The van der Waals surface area contributed by atoms with Crippen molar-refractivity contribution in [3.8, 4) is 0 Å². The van der Waals surface area contributed by atoms with E-state index in [1.54, 1.807) is 11.3 Å². The molecule has 0 saturated heterocycles. The van der Waals surface area contributed by atoms with Crippen LogP contribution in [0.1, 0.15) is 42.6 Å². The van der Waals surface area contributed by atoms with Crippen molar-refractivity contribution in [1.29, 1.82) is 0 Å². The van der Waals surface area contributed by atoms with Crippen LogP contribution in [-0.2, 0) is 11.8 Å². The monoisotopic (exact) mass is 211 g/mol. The van der Waals surface area contributed by atoms with Crippen LogP contribution in [0.3, 0.4) is 0 Å². The van der Waals surface area contributed by atoms with Crippen molar-refractivity contribution < 1.29 is 0 Å². The summed E-state index contributed by atoms with van der Waals surface area (Å²) in [6.45, 7) is 3.04. The molecule has 1 saturated carbocycles. The highest BCUT2D eigenvalue weighted by atomic mass is 32.1. The molecule has 0 radical (unpaired) electrons. The standard InChI is InChI=1S/C10H17N3S/c1-10(5-3-6-10)9-13-12-8(14-9)4-2-7-11/h2-7,11H2,1H3. The lowest BCUT2D eigenvalue weighted by Gasteiger charge is -2.35. The summed E-state index contributed by atoms with van der Waals surface area (Å²) in [4.78, 5) is 0. The van der Waals surface area contributed by atoms with Crippen LogP contribution in [0.2, 0.25) is 0 Å². The van der Waals surface area contributed by atoms with Gasteiger partial charge in [-0.2, -0.15) is 0 Å². The van der Waals surface area contributed by atoms with Crippen LogP contribution in [0, 0.1) is 0 Å². The smallest absolute Gasteiger partial charge is 0.123 e. The van der Waals surface area contributed by atoms with Crippen LogP contribution in [0.4, 0.5) is 0 Å². The topological polar surface area (TPSA) is 51.8 Å². The fourth-order valence-electron chi connectivity index (χ4n) is 1.77. The zero-order valence-electron chi connectivity index (χ0n) is 8.62. The summed E-state index contributed by atoms with van der Waals surface area (Å²) in [5.74, 6) is 0. The maximum absolute atomic E-state index is 5.46. The van der Waals surface area contributed by atoms with E-state index in [2.05, 4.69) is 17.1 Å². The molecule has 78 valence electrons. The van der Waals surface area contributed by atoms with Gasteiger partial charge in [-0.15, -0.1) is 21.5 Å². The molecule has 1 fully saturated rings. The van der Waals surface area contributed by atoms with Crippen LogP contribution < -0.4 is 5.73 Å². The molecule has 0 bridgehead atoms. The SMILES string of the molecule is CC1(c2nnc(CCCN)s2)CCC1. The fraction of sp³-hybridized carbons (Fsp3) is 0.800. The predicted octanol–water partition coefficient (Wildman–Crippen LogP) is 1.87.